The first-order chi connectivity index (χ1) is 12.1. The van der Waals surface area contributed by atoms with E-state index in [4.69, 9.17) is 0 Å². The monoisotopic (exact) mass is 334 g/mol. The molecule has 2 rings (SSSR count). The van der Waals surface area contributed by atoms with Crippen LogP contribution in [0.25, 0.3) is 5.70 Å². The van der Waals surface area contributed by atoms with E-state index in [1.807, 2.05) is 31.3 Å². The van der Waals surface area contributed by atoms with Crippen LogP contribution < -0.4 is 10.7 Å². The van der Waals surface area contributed by atoms with E-state index in [-0.39, 0.29) is 0 Å². The first-order valence-electron chi connectivity index (χ1n) is 8.48. The highest BCUT2D eigenvalue weighted by atomic mass is 15.3. The van der Waals surface area contributed by atoms with Crippen molar-refractivity contribution in [3.05, 3.63) is 77.6 Å². The molecule has 2 N–H and O–H groups in total. The van der Waals surface area contributed by atoms with Crippen LogP contribution in [0.2, 0.25) is 0 Å². The van der Waals surface area contributed by atoms with Gasteiger partial charge in [0.2, 0.25) is 0 Å². The molecule has 0 radical (unpaired) electrons. The van der Waals surface area contributed by atoms with E-state index in [0.717, 1.165) is 40.3 Å². The summed E-state index contributed by atoms with van der Waals surface area (Å²) in [6.07, 6.45) is 6.71. The number of nitrogens with one attached hydrogen (secondary N) is 2. The zero-order valence-corrected chi connectivity index (χ0v) is 15.4. The molecule has 4 heteroatoms. The molecule has 0 saturated carbocycles. The predicted molar refractivity (Wildman–Crippen MR) is 108 cm³/mol. The average Bonchev–Trinajstić information content (AvgIpc) is 2.63. The summed E-state index contributed by atoms with van der Waals surface area (Å²) in [5.41, 5.74) is 9.95. The van der Waals surface area contributed by atoms with Gasteiger partial charge in [0.05, 0.1) is 5.71 Å². The van der Waals surface area contributed by atoms with Crippen LogP contribution in [0.1, 0.15) is 36.2 Å². The Kier molecular flexibility index (Phi) is 6.52. The van der Waals surface area contributed by atoms with E-state index in [1.165, 1.54) is 5.56 Å². The summed E-state index contributed by atoms with van der Waals surface area (Å²) in [6.45, 7) is 10.3. The SMILES string of the molecule is C=C(Nc1ccc(C)c(C(/C=C\C)=N/NC)c1)c1ccnc(CC)c1. The average molecular weight is 334 g/mol. The summed E-state index contributed by atoms with van der Waals surface area (Å²) >= 11 is 0. The van der Waals surface area contributed by atoms with Crippen LogP contribution in [0.15, 0.2) is 60.4 Å². The Balaban J connectivity index is 2.30. The topological polar surface area (TPSA) is 49.3 Å². The number of hydrogen-bond donors (Lipinski definition) is 2. The molecule has 2 aromatic rings. The van der Waals surface area contributed by atoms with Gasteiger partial charge in [0.1, 0.15) is 0 Å². The molecule has 0 bridgehead atoms. The van der Waals surface area contributed by atoms with Crippen LogP contribution in [0.3, 0.4) is 0 Å². The third-order valence-electron chi connectivity index (χ3n) is 3.89. The Labute approximate surface area is 150 Å². The molecule has 0 atom stereocenters. The van der Waals surface area contributed by atoms with Crippen molar-refractivity contribution in [2.45, 2.75) is 27.2 Å². The molecule has 25 heavy (non-hydrogen) atoms. The first kappa shape index (κ1) is 18.5. The van der Waals surface area contributed by atoms with Crippen molar-refractivity contribution in [3.8, 4) is 0 Å². The van der Waals surface area contributed by atoms with Crippen LogP contribution in [0.4, 0.5) is 5.69 Å². The van der Waals surface area contributed by atoms with Crippen LogP contribution in [-0.4, -0.2) is 17.7 Å². The Morgan fingerprint density at radius 1 is 1.28 bits per heavy atom. The minimum absolute atomic E-state index is 0.852. The number of benzene rings is 1. The molecule has 130 valence electrons. The van der Waals surface area contributed by atoms with E-state index in [0.29, 0.717) is 0 Å². The van der Waals surface area contributed by atoms with E-state index >= 15 is 0 Å². The van der Waals surface area contributed by atoms with Crippen LogP contribution in [0, 0.1) is 6.92 Å². The van der Waals surface area contributed by atoms with Gasteiger partial charge in [0.15, 0.2) is 0 Å². The fourth-order valence-electron chi connectivity index (χ4n) is 2.55. The fraction of sp³-hybridized carbons (Fsp3) is 0.238. The Morgan fingerprint density at radius 2 is 2.08 bits per heavy atom. The molecule has 0 unspecified atom stereocenters. The molecule has 0 spiro atoms. The zero-order valence-electron chi connectivity index (χ0n) is 15.4. The fourth-order valence-corrected chi connectivity index (χ4v) is 2.55. The highest BCUT2D eigenvalue weighted by molar-refractivity contribution is 6.10. The largest absolute Gasteiger partial charge is 0.356 e. The van der Waals surface area contributed by atoms with Crippen molar-refractivity contribution in [3.63, 3.8) is 0 Å². The third kappa shape index (κ3) is 4.80. The van der Waals surface area contributed by atoms with Gasteiger partial charge < -0.3 is 10.7 Å². The highest BCUT2D eigenvalue weighted by Crippen LogP contribution is 2.21. The first-order valence-corrected chi connectivity index (χ1v) is 8.48. The third-order valence-corrected chi connectivity index (χ3v) is 3.89. The Bertz CT molecular complexity index is 803. The van der Waals surface area contributed by atoms with Crippen molar-refractivity contribution >= 4 is 17.1 Å². The summed E-state index contributed by atoms with van der Waals surface area (Å²) in [7, 11) is 1.80. The lowest BCUT2D eigenvalue weighted by atomic mass is 10.0. The zero-order chi connectivity index (χ0) is 18.2. The summed E-state index contributed by atoms with van der Waals surface area (Å²) in [4.78, 5) is 4.34. The van der Waals surface area contributed by atoms with Gasteiger partial charge in [-0.3, -0.25) is 4.98 Å². The van der Waals surface area contributed by atoms with Crippen molar-refractivity contribution in [2.24, 2.45) is 5.10 Å². The molecular weight excluding hydrogens is 308 g/mol. The molecule has 0 aliphatic carbocycles. The Morgan fingerprint density at radius 3 is 2.76 bits per heavy atom. The van der Waals surface area contributed by atoms with Crippen LogP contribution in [-0.2, 0) is 6.42 Å². The van der Waals surface area contributed by atoms with Crippen molar-refractivity contribution in [1.82, 2.24) is 10.4 Å². The molecular formula is C21H26N4. The number of pyridine rings is 1. The summed E-state index contributed by atoms with van der Waals surface area (Å²) in [5.74, 6) is 0. The second-order valence-corrected chi connectivity index (χ2v) is 5.74. The maximum atomic E-state index is 4.37. The number of nitrogens with zero attached hydrogens (tertiary/aromatic N) is 2. The molecule has 1 aromatic carbocycles. The minimum atomic E-state index is 0.852. The van der Waals surface area contributed by atoms with Gasteiger partial charge in [-0.15, -0.1) is 0 Å². The highest BCUT2D eigenvalue weighted by Gasteiger charge is 2.07. The van der Waals surface area contributed by atoms with Crippen molar-refractivity contribution < 1.29 is 0 Å². The van der Waals surface area contributed by atoms with Crippen molar-refractivity contribution in [1.29, 1.82) is 0 Å². The van der Waals surface area contributed by atoms with Gasteiger partial charge in [-0.1, -0.05) is 25.6 Å². The number of allylic oxidation sites excluding steroid dienone is 2. The van der Waals surface area contributed by atoms with E-state index in [2.05, 4.69) is 65.5 Å². The summed E-state index contributed by atoms with van der Waals surface area (Å²) in [5, 5.41) is 7.76. The standard InChI is InChI=1S/C21H26N4/c1-6-8-21(25-22-5)20-14-19(10-9-15(20)3)24-16(4)17-11-12-23-18(7-2)13-17/h6,8-14,22,24H,4,7H2,1-3,5H3/b8-6-,25-21+. The maximum Gasteiger partial charge on any atom is 0.0901 e. The van der Waals surface area contributed by atoms with Crippen LogP contribution in [0.5, 0.6) is 0 Å². The van der Waals surface area contributed by atoms with Gasteiger partial charge in [-0.2, -0.15) is 5.10 Å². The molecule has 0 saturated heterocycles. The maximum absolute atomic E-state index is 4.37. The lowest BCUT2D eigenvalue weighted by Gasteiger charge is -2.13. The molecule has 4 nitrogen and oxygen atoms in total. The summed E-state index contributed by atoms with van der Waals surface area (Å²) in [6, 6.07) is 10.3. The van der Waals surface area contributed by atoms with Gasteiger partial charge in [-0.25, -0.2) is 0 Å². The molecule has 1 heterocycles. The van der Waals surface area contributed by atoms with Gasteiger partial charge >= 0.3 is 0 Å². The van der Waals surface area contributed by atoms with E-state index in [9.17, 15) is 0 Å². The normalized spacial score (nSPS) is 11.6. The van der Waals surface area contributed by atoms with Crippen LogP contribution >= 0.6 is 0 Å². The lowest BCUT2D eigenvalue weighted by molar-refractivity contribution is 0.902. The molecule has 0 aliphatic rings. The van der Waals surface area contributed by atoms with Gasteiger partial charge in [-0.05, 0) is 56.2 Å². The second kappa shape index (κ2) is 8.83. The van der Waals surface area contributed by atoms with E-state index in [1.54, 1.807) is 7.05 Å². The van der Waals surface area contributed by atoms with Crippen molar-refractivity contribution in [2.75, 3.05) is 12.4 Å². The minimum Gasteiger partial charge on any atom is -0.356 e. The van der Waals surface area contributed by atoms with Gasteiger partial charge in [0, 0.05) is 41.4 Å². The number of anilines is 1. The number of hydrazone groups is 1. The molecule has 0 fully saturated rings. The van der Waals surface area contributed by atoms with Gasteiger partial charge in [0.25, 0.3) is 0 Å². The molecule has 0 amide bonds. The quantitative estimate of drug-likeness (QED) is 0.577. The number of aromatic nitrogens is 1. The molecule has 0 aliphatic heterocycles. The Hall–Kier alpha value is -2.88. The number of hydrogen-bond acceptors (Lipinski definition) is 4. The number of rotatable bonds is 7. The second-order valence-electron chi connectivity index (χ2n) is 5.74. The lowest BCUT2D eigenvalue weighted by Crippen LogP contribution is -2.07. The van der Waals surface area contributed by atoms with E-state index < -0.39 is 0 Å². The predicted octanol–water partition coefficient (Wildman–Crippen LogP) is 4.53. The number of aryl methyl sites for hydroxylation is 2. The molecule has 1 aromatic heterocycles. The smallest absolute Gasteiger partial charge is 0.0901 e. The summed E-state index contributed by atoms with van der Waals surface area (Å²) < 4.78 is 0.